The Balaban J connectivity index is 0.000000956. The zero-order valence-electron chi connectivity index (χ0n) is 13.2. The summed E-state index contributed by atoms with van der Waals surface area (Å²) in [5.41, 5.74) is 3.32. The summed E-state index contributed by atoms with van der Waals surface area (Å²) in [4.78, 5) is 12.0. The minimum atomic E-state index is 0.0339. The van der Waals surface area contributed by atoms with Crippen molar-refractivity contribution in [1.29, 1.82) is 0 Å². The lowest BCUT2D eigenvalue weighted by Gasteiger charge is -2.09. The van der Waals surface area contributed by atoms with Gasteiger partial charge >= 0.3 is 0 Å². The molecule has 0 unspecified atom stereocenters. The van der Waals surface area contributed by atoms with Gasteiger partial charge in [-0.05, 0) is 41.7 Å². The predicted molar refractivity (Wildman–Crippen MR) is 86.9 cm³/mol. The second-order valence-corrected chi connectivity index (χ2v) is 4.84. The van der Waals surface area contributed by atoms with Crippen molar-refractivity contribution in [2.45, 2.75) is 47.0 Å². The van der Waals surface area contributed by atoms with Gasteiger partial charge in [0.1, 0.15) is 0 Å². The number of benzene rings is 1. The Morgan fingerprint density at radius 2 is 1.65 bits per heavy atom. The van der Waals surface area contributed by atoms with E-state index in [2.05, 4.69) is 32.9 Å². The molecule has 2 rings (SSSR count). The Morgan fingerprint density at radius 1 is 1.05 bits per heavy atom. The van der Waals surface area contributed by atoms with Gasteiger partial charge in [0.05, 0.1) is 0 Å². The molecule has 0 aliphatic carbocycles. The summed E-state index contributed by atoms with van der Waals surface area (Å²) in [5.74, 6) is 0.512. The van der Waals surface area contributed by atoms with Crippen LogP contribution in [0, 0.1) is 0 Å². The summed E-state index contributed by atoms with van der Waals surface area (Å²) in [7, 11) is 0. The smallest absolute Gasteiger partial charge is 0.255 e. The zero-order valence-corrected chi connectivity index (χ0v) is 13.2. The van der Waals surface area contributed by atoms with Gasteiger partial charge in [-0.15, -0.1) is 0 Å². The summed E-state index contributed by atoms with van der Waals surface area (Å²) < 4.78 is 1.68. The molecular formula is C18H25NO. The highest BCUT2D eigenvalue weighted by molar-refractivity contribution is 5.36. The van der Waals surface area contributed by atoms with Crippen LogP contribution in [0.1, 0.15) is 51.7 Å². The highest BCUT2D eigenvalue weighted by atomic mass is 16.1. The molecule has 0 radical (unpaired) electrons. The van der Waals surface area contributed by atoms with E-state index in [9.17, 15) is 4.79 Å². The molecule has 0 amide bonds. The van der Waals surface area contributed by atoms with E-state index < -0.39 is 0 Å². The Bertz CT molecular complexity index is 579. The van der Waals surface area contributed by atoms with Crippen LogP contribution in [0.5, 0.6) is 0 Å². The molecule has 2 heteroatoms. The van der Waals surface area contributed by atoms with Crippen LogP contribution in [0.2, 0.25) is 0 Å². The quantitative estimate of drug-likeness (QED) is 0.802. The monoisotopic (exact) mass is 271 g/mol. The van der Waals surface area contributed by atoms with Crippen molar-refractivity contribution in [3.8, 4) is 5.69 Å². The molecule has 1 aromatic carbocycles. The van der Waals surface area contributed by atoms with Crippen LogP contribution in [0.4, 0.5) is 0 Å². The first-order valence-electron chi connectivity index (χ1n) is 7.43. The Morgan fingerprint density at radius 3 is 2.10 bits per heavy atom. The van der Waals surface area contributed by atoms with Crippen molar-refractivity contribution in [2.24, 2.45) is 0 Å². The minimum absolute atomic E-state index is 0.0339. The number of aromatic nitrogens is 1. The van der Waals surface area contributed by atoms with E-state index in [-0.39, 0.29) is 5.56 Å². The molecular weight excluding hydrogens is 246 g/mol. The van der Waals surface area contributed by atoms with Crippen LogP contribution in [0.15, 0.2) is 47.4 Å². The summed E-state index contributed by atoms with van der Waals surface area (Å²) in [6.45, 7) is 10.4. The Hall–Kier alpha value is -1.83. The first-order valence-corrected chi connectivity index (χ1v) is 7.43. The van der Waals surface area contributed by atoms with Crippen molar-refractivity contribution in [3.05, 3.63) is 64.1 Å². The van der Waals surface area contributed by atoms with Crippen molar-refractivity contribution < 1.29 is 0 Å². The van der Waals surface area contributed by atoms with E-state index in [1.54, 1.807) is 10.6 Å². The molecule has 1 heterocycles. The topological polar surface area (TPSA) is 22.0 Å². The summed E-state index contributed by atoms with van der Waals surface area (Å²) >= 11 is 0. The maximum atomic E-state index is 12.0. The molecule has 0 aliphatic heterocycles. The summed E-state index contributed by atoms with van der Waals surface area (Å²) in [6, 6.07) is 11.9. The maximum Gasteiger partial charge on any atom is 0.255 e. The zero-order chi connectivity index (χ0) is 15.1. The lowest BCUT2D eigenvalue weighted by molar-refractivity contribution is 0.864. The Labute approximate surface area is 122 Å². The normalized spacial score (nSPS) is 10.1. The van der Waals surface area contributed by atoms with E-state index in [0.29, 0.717) is 5.92 Å². The van der Waals surface area contributed by atoms with E-state index in [4.69, 9.17) is 0 Å². The molecule has 0 bridgehead atoms. The number of hydrogen-bond donors (Lipinski definition) is 0. The van der Waals surface area contributed by atoms with Crippen LogP contribution in [-0.2, 0) is 6.42 Å². The number of nitrogens with zero attached hydrogens (tertiary/aromatic N) is 1. The van der Waals surface area contributed by atoms with Gasteiger partial charge in [-0.25, -0.2) is 0 Å². The molecule has 1 aromatic heterocycles. The van der Waals surface area contributed by atoms with Crippen LogP contribution in [-0.4, -0.2) is 4.57 Å². The largest absolute Gasteiger partial charge is 0.284 e. The molecule has 0 aliphatic rings. The number of pyridine rings is 1. The van der Waals surface area contributed by atoms with Crippen molar-refractivity contribution in [3.63, 3.8) is 0 Å². The molecule has 2 nitrogen and oxygen atoms in total. The van der Waals surface area contributed by atoms with Crippen molar-refractivity contribution in [2.75, 3.05) is 0 Å². The van der Waals surface area contributed by atoms with Crippen molar-refractivity contribution >= 4 is 0 Å². The SMILES string of the molecule is CC.CCc1ccn(-c2ccc(C(C)C)cc2)c(=O)c1. The van der Waals surface area contributed by atoms with Gasteiger partial charge in [0.2, 0.25) is 0 Å². The second-order valence-electron chi connectivity index (χ2n) is 4.84. The van der Waals surface area contributed by atoms with Crippen LogP contribution < -0.4 is 5.56 Å². The number of rotatable bonds is 3. The van der Waals surface area contributed by atoms with Gasteiger partial charge in [-0.3, -0.25) is 9.36 Å². The third kappa shape index (κ3) is 3.83. The van der Waals surface area contributed by atoms with Gasteiger partial charge in [0, 0.05) is 18.0 Å². The first-order chi connectivity index (χ1) is 9.61. The molecule has 0 N–H and O–H groups in total. The fourth-order valence-electron chi connectivity index (χ4n) is 1.97. The lowest BCUT2D eigenvalue weighted by atomic mass is 10.0. The Kier molecular flexibility index (Phi) is 6.23. The van der Waals surface area contributed by atoms with Crippen LogP contribution in [0.3, 0.4) is 0 Å². The van der Waals surface area contributed by atoms with Gasteiger partial charge in [0.15, 0.2) is 0 Å². The first kappa shape index (κ1) is 16.2. The molecule has 2 aromatic rings. The molecule has 20 heavy (non-hydrogen) atoms. The van der Waals surface area contributed by atoms with Crippen molar-refractivity contribution in [1.82, 2.24) is 4.57 Å². The average Bonchev–Trinajstić information content (AvgIpc) is 2.49. The third-order valence-corrected chi connectivity index (χ3v) is 3.23. The molecule has 108 valence electrons. The molecule has 0 spiro atoms. The highest BCUT2D eigenvalue weighted by Crippen LogP contribution is 2.16. The van der Waals surface area contributed by atoms with E-state index in [1.807, 2.05) is 38.2 Å². The molecule has 0 saturated heterocycles. The standard InChI is InChI=1S/C16H19NO.C2H6/c1-4-13-9-10-17(16(18)11-13)15-7-5-14(6-8-15)12(2)3;1-2/h5-12H,4H2,1-3H3;1-2H3. The molecule has 0 fully saturated rings. The summed E-state index contributed by atoms with van der Waals surface area (Å²) in [6.07, 6.45) is 2.74. The van der Waals surface area contributed by atoms with Gasteiger partial charge in [-0.1, -0.05) is 46.8 Å². The van der Waals surface area contributed by atoms with Crippen LogP contribution in [0.25, 0.3) is 5.69 Å². The van der Waals surface area contributed by atoms with E-state index in [1.165, 1.54) is 5.56 Å². The van der Waals surface area contributed by atoms with Gasteiger partial charge < -0.3 is 0 Å². The lowest BCUT2D eigenvalue weighted by Crippen LogP contribution is -2.17. The fraction of sp³-hybridized carbons (Fsp3) is 0.389. The second kappa shape index (κ2) is 7.68. The molecule has 0 atom stereocenters. The highest BCUT2D eigenvalue weighted by Gasteiger charge is 2.02. The predicted octanol–water partition coefficient (Wildman–Crippen LogP) is 4.55. The minimum Gasteiger partial charge on any atom is -0.284 e. The van der Waals surface area contributed by atoms with E-state index >= 15 is 0 Å². The van der Waals surface area contributed by atoms with Gasteiger partial charge in [-0.2, -0.15) is 0 Å². The summed E-state index contributed by atoms with van der Waals surface area (Å²) in [5, 5.41) is 0. The number of aryl methyl sites for hydroxylation is 1. The maximum absolute atomic E-state index is 12.0. The third-order valence-electron chi connectivity index (χ3n) is 3.23. The average molecular weight is 271 g/mol. The molecule has 0 saturated carbocycles. The van der Waals surface area contributed by atoms with Gasteiger partial charge in [0.25, 0.3) is 5.56 Å². The number of hydrogen-bond acceptors (Lipinski definition) is 1. The van der Waals surface area contributed by atoms with Crippen LogP contribution >= 0.6 is 0 Å². The fourth-order valence-corrected chi connectivity index (χ4v) is 1.97. The van der Waals surface area contributed by atoms with E-state index in [0.717, 1.165) is 17.7 Å².